The predicted molar refractivity (Wildman–Crippen MR) is 74.2 cm³/mol. The van der Waals surface area contributed by atoms with Crippen molar-refractivity contribution in [3.8, 4) is 0 Å². The highest BCUT2D eigenvalue weighted by Gasteiger charge is 2.42. The van der Waals surface area contributed by atoms with E-state index in [0.717, 1.165) is 6.42 Å². The van der Waals surface area contributed by atoms with Gasteiger partial charge >= 0.3 is 0 Å². The van der Waals surface area contributed by atoms with E-state index < -0.39 is 0 Å². The van der Waals surface area contributed by atoms with Gasteiger partial charge in [0, 0.05) is 12.2 Å². The Balaban J connectivity index is 2.19. The molecule has 0 radical (unpaired) electrons. The Kier molecular flexibility index (Phi) is 3.17. The number of rotatable bonds is 3. The van der Waals surface area contributed by atoms with Gasteiger partial charge in [-0.05, 0) is 43.2 Å². The second kappa shape index (κ2) is 4.34. The van der Waals surface area contributed by atoms with Crippen molar-refractivity contribution < 1.29 is 0 Å². The molecule has 0 aromatic heterocycles. The smallest absolute Gasteiger partial charge is 0.0501 e. The molecule has 1 saturated carbocycles. The van der Waals surface area contributed by atoms with E-state index in [-0.39, 0.29) is 5.54 Å². The highest BCUT2D eigenvalue weighted by Crippen LogP contribution is 2.44. The molecule has 0 heterocycles. The third-order valence-corrected chi connectivity index (χ3v) is 4.03. The Morgan fingerprint density at radius 1 is 1.24 bits per heavy atom. The quantitative estimate of drug-likeness (QED) is 0.839. The molecule has 1 aliphatic carbocycles. The molecule has 1 atom stereocenters. The van der Waals surface area contributed by atoms with Crippen LogP contribution in [-0.2, 0) is 0 Å². The van der Waals surface area contributed by atoms with Gasteiger partial charge in [-0.3, -0.25) is 0 Å². The zero-order valence-electron chi connectivity index (χ0n) is 11.2. The van der Waals surface area contributed by atoms with Gasteiger partial charge < -0.3 is 11.1 Å². The van der Waals surface area contributed by atoms with Crippen molar-refractivity contribution in [3.63, 3.8) is 0 Å². The topological polar surface area (TPSA) is 38.0 Å². The average Bonchev–Trinajstić information content (AvgIpc) is 2.59. The summed E-state index contributed by atoms with van der Waals surface area (Å²) in [6.45, 7) is 7.53. The molecule has 17 heavy (non-hydrogen) atoms. The molecule has 0 aliphatic heterocycles. The van der Waals surface area contributed by atoms with Gasteiger partial charge in [0.1, 0.15) is 0 Å². The predicted octanol–water partition coefficient (Wildman–Crippen LogP) is 3.31. The second-order valence-corrected chi connectivity index (χ2v) is 6.27. The first-order valence-corrected chi connectivity index (χ1v) is 6.50. The van der Waals surface area contributed by atoms with Crippen molar-refractivity contribution in [2.75, 3.05) is 11.9 Å². The van der Waals surface area contributed by atoms with Crippen LogP contribution in [0.1, 0.15) is 38.7 Å². The molecule has 94 valence electrons. The standard InChI is InChI=1S/C15H24N2/c1-12-6-4-5-7-13(12)17-15(11-16)9-8-14(2,3)10-15/h4-7,17H,8-11,16H2,1-3H3. The van der Waals surface area contributed by atoms with E-state index in [9.17, 15) is 0 Å². The lowest BCUT2D eigenvalue weighted by Crippen LogP contribution is -2.44. The Hall–Kier alpha value is -1.02. The lowest BCUT2D eigenvalue weighted by Gasteiger charge is -2.32. The molecule has 2 nitrogen and oxygen atoms in total. The maximum Gasteiger partial charge on any atom is 0.0501 e. The first-order chi connectivity index (χ1) is 7.96. The molecule has 3 N–H and O–H groups in total. The number of nitrogens with one attached hydrogen (secondary N) is 1. The maximum absolute atomic E-state index is 6.03. The number of para-hydroxylation sites is 1. The van der Waals surface area contributed by atoms with E-state index >= 15 is 0 Å². The highest BCUT2D eigenvalue weighted by molar-refractivity contribution is 5.52. The van der Waals surface area contributed by atoms with Crippen molar-refractivity contribution in [1.29, 1.82) is 0 Å². The fourth-order valence-electron chi connectivity index (χ4n) is 3.00. The SMILES string of the molecule is Cc1ccccc1NC1(CN)CCC(C)(C)C1. The Morgan fingerprint density at radius 3 is 2.47 bits per heavy atom. The summed E-state index contributed by atoms with van der Waals surface area (Å²) in [6.07, 6.45) is 3.58. The van der Waals surface area contributed by atoms with Gasteiger partial charge in [0.25, 0.3) is 0 Å². The Labute approximate surface area is 105 Å². The Bertz CT molecular complexity index is 398. The number of nitrogens with two attached hydrogens (primary N) is 1. The molecule has 1 aromatic rings. The first kappa shape index (κ1) is 12.4. The van der Waals surface area contributed by atoms with Crippen LogP contribution in [0, 0.1) is 12.3 Å². The molecular formula is C15H24N2. The zero-order valence-corrected chi connectivity index (χ0v) is 11.2. The molecule has 0 saturated heterocycles. The lowest BCUT2D eigenvalue weighted by molar-refractivity contribution is 0.351. The van der Waals surface area contributed by atoms with Crippen LogP contribution in [0.25, 0.3) is 0 Å². The number of benzene rings is 1. The summed E-state index contributed by atoms with van der Waals surface area (Å²) in [5.41, 5.74) is 9.06. The summed E-state index contributed by atoms with van der Waals surface area (Å²) in [5.74, 6) is 0. The van der Waals surface area contributed by atoms with E-state index in [1.807, 2.05) is 0 Å². The molecule has 2 rings (SSSR count). The van der Waals surface area contributed by atoms with Crippen LogP contribution in [0.15, 0.2) is 24.3 Å². The van der Waals surface area contributed by atoms with Crippen molar-refractivity contribution in [1.82, 2.24) is 0 Å². The van der Waals surface area contributed by atoms with Crippen LogP contribution in [0.3, 0.4) is 0 Å². The minimum Gasteiger partial charge on any atom is -0.378 e. The molecule has 1 unspecified atom stereocenters. The number of anilines is 1. The van der Waals surface area contributed by atoms with Gasteiger partial charge in [0.2, 0.25) is 0 Å². The fraction of sp³-hybridized carbons (Fsp3) is 0.600. The largest absolute Gasteiger partial charge is 0.378 e. The van der Waals surface area contributed by atoms with Gasteiger partial charge in [0.05, 0.1) is 5.54 Å². The Morgan fingerprint density at radius 2 is 1.94 bits per heavy atom. The van der Waals surface area contributed by atoms with Gasteiger partial charge in [-0.15, -0.1) is 0 Å². The van der Waals surface area contributed by atoms with Gasteiger partial charge in [0.15, 0.2) is 0 Å². The molecule has 1 fully saturated rings. The summed E-state index contributed by atoms with van der Waals surface area (Å²) in [4.78, 5) is 0. The summed E-state index contributed by atoms with van der Waals surface area (Å²) in [7, 11) is 0. The lowest BCUT2D eigenvalue weighted by atomic mass is 9.87. The summed E-state index contributed by atoms with van der Waals surface area (Å²) < 4.78 is 0. The van der Waals surface area contributed by atoms with Gasteiger partial charge in [-0.1, -0.05) is 32.0 Å². The van der Waals surface area contributed by atoms with E-state index in [1.54, 1.807) is 0 Å². The monoisotopic (exact) mass is 232 g/mol. The normalized spacial score (nSPS) is 27.1. The summed E-state index contributed by atoms with van der Waals surface area (Å²) in [6, 6.07) is 8.46. The van der Waals surface area contributed by atoms with E-state index in [0.29, 0.717) is 12.0 Å². The highest BCUT2D eigenvalue weighted by atomic mass is 15.0. The minimum atomic E-state index is 0.0929. The van der Waals surface area contributed by atoms with E-state index in [1.165, 1.54) is 24.1 Å². The molecule has 0 spiro atoms. The van der Waals surface area contributed by atoms with E-state index in [4.69, 9.17) is 5.73 Å². The van der Waals surface area contributed by atoms with Crippen LogP contribution >= 0.6 is 0 Å². The zero-order chi connectivity index (χ0) is 12.5. The third kappa shape index (κ3) is 2.63. The van der Waals surface area contributed by atoms with Crippen LogP contribution in [-0.4, -0.2) is 12.1 Å². The average molecular weight is 232 g/mol. The van der Waals surface area contributed by atoms with Crippen LogP contribution in [0.5, 0.6) is 0 Å². The summed E-state index contributed by atoms with van der Waals surface area (Å²) in [5, 5.41) is 3.70. The fourth-order valence-corrected chi connectivity index (χ4v) is 3.00. The number of hydrogen-bond acceptors (Lipinski definition) is 2. The third-order valence-electron chi connectivity index (χ3n) is 4.03. The molecule has 1 aromatic carbocycles. The molecule has 0 bridgehead atoms. The maximum atomic E-state index is 6.03. The number of aryl methyl sites for hydroxylation is 1. The second-order valence-electron chi connectivity index (χ2n) is 6.27. The van der Waals surface area contributed by atoms with Crippen molar-refractivity contribution >= 4 is 5.69 Å². The number of hydrogen-bond donors (Lipinski definition) is 2. The van der Waals surface area contributed by atoms with Crippen LogP contribution < -0.4 is 11.1 Å². The summed E-state index contributed by atoms with van der Waals surface area (Å²) >= 11 is 0. The van der Waals surface area contributed by atoms with Crippen molar-refractivity contribution in [2.45, 2.75) is 45.6 Å². The van der Waals surface area contributed by atoms with Gasteiger partial charge in [-0.25, -0.2) is 0 Å². The molecule has 0 amide bonds. The van der Waals surface area contributed by atoms with Gasteiger partial charge in [-0.2, -0.15) is 0 Å². The molecule has 1 aliphatic rings. The first-order valence-electron chi connectivity index (χ1n) is 6.50. The van der Waals surface area contributed by atoms with Crippen molar-refractivity contribution in [2.24, 2.45) is 11.1 Å². The van der Waals surface area contributed by atoms with Crippen LogP contribution in [0.4, 0.5) is 5.69 Å². The van der Waals surface area contributed by atoms with E-state index in [2.05, 4.69) is 50.4 Å². The minimum absolute atomic E-state index is 0.0929. The van der Waals surface area contributed by atoms with Crippen LogP contribution in [0.2, 0.25) is 0 Å². The van der Waals surface area contributed by atoms with Crippen molar-refractivity contribution in [3.05, 3.63) is 29.8 Å². The molecule has 2 heteroatoms. The molecular weight excluding hydrogens is 208 g/mol.